The van der Waals surface area contributed by atoms with E-state index < -0.39 is 6.43 Å². The van der Waals surface area contributed by atoms with Gasteiger partial charge in [0.15, 0.2) is 0 Å². The molecular weight excluding hydrogens is 252 g/mol. The number of nitrogens with one attached hydrogen (secondary N) is 1. The number of thiophene rings is 1. The molecule has 0 fully saturated rings. The molecular formula is C14H21F2NS. The van der Waals surface area contributed by atoms with Crippen molar-refractivity contribution in [2.75, 3.05) is 6.54 Å². The van der Waals surface area contributed by atoms with Gasteiger partial charge >= 0.3 is 0 Å². The van der Waals surface area contributed by atoms with Crippen LogP contribution in [0.1, 0.15) is 36.3 Å². The minimum atomic E-state index is -2.26. The average Bonchev–Trinajstić information content (AvgIpc) is 2.71. The lowest BCUT2D eigenvalue weighted by Gasteiger charge is -2.26. The van der Waals surface area contributed by atoms with Gasteiger partial charge in [-0.25, -0.2) is 8.78 Å². The van der Waals surface area contributed by atoms with Gasteiger partial charge < -0.3 is 5.32 Å². The lowest BCUT2D eigenvalue weighted by molar-refractivity contribution is 0.145. The van der Waals surface area contributed by atoms with Gasteiger partial charge in [0.2, 0.25) is 0 Å². The highest BCUT2D eigenvalue weighted by Crippen LogP contribution is 2.35. The molecule has 0 saturated carbocycles. The van der Waals surface area contributed by atoms with Gasteiger partial charge in [0.1, 0.15) is 0 Å². The SMILES string of the molecule is CC(C)C1CCc2c(CNCC(F)F)csc2C1. The van der Waals surface area contributed by atoms with Crippen LogP contribution in [0.25, 0.3) is 0 Å². The van der Waals surface area contributed by atoms with Gasteiger partial charge in [0, 0.05) is 11.4 Å². The number of fused-ring (bicyclic) bond motifs is 1. The van der Waals surface area contributed by atoms with E-state index >= 15 is 0 Å². The number of hydrogen-bond donors (Lipinski definition) is 1. The number of hydrogen-bond acceptors (Lipinski definition) is 2. The Morgan fingerprint density at radius 1 is 1.44 bits per heavy atom. The Labute approximate surface area is 112 Å². The van der Waals surface area contributed by atoms with Crippen molar-refractivity contribution in [3.8, 4) is 0 Å². The quantitative estimate of drug-likeness (QED) is 0.859. The molecule has 0 spiro atoms. The summed E-state index contributed by atoms with van der Waals surface area (Å²) in [7, 11) is 0. The lowest BCUT2D eigenvalue weighted by atomic mass is 9.81. The number of rotatable bonds is 5. The maximum absolute atomic E-state index is 12.1. The van der Waals surface area contributed by atoms with Crippen LogP contribution in [0.5, 0.6) is 0 Å². The molecule has 1 nitrogen and oxygen atoms in total. The third-order valence-corrected chi connectivity index (χ3v) is 4.94. The molecule has 0 amide bonds. The Bertz CT molecular complexity index is 387. The third-order valence-electron chi connectivity index (χ3n) is 3.84. The molecule has 1 aliphatic carbocycles. The maximum atomic E-state index is 12.1. The minimum Gasteiger partial charge on any atom is -0.307 e. The van der Waals surface area contributed by atoms with Crippen LogP contribution in [0.15, 0.2) is 5.38 Å². The molecule has 2 rings (SSSR count). The topological polar surface area (TPSA) is 12.0 Å². The first kappa shape index (κ1) is 13.9. The van der Waals surface area contributed by atoms with Gasteiger partial charge in [0.05, 0.1) is 6.54 Å². The molecule has 1 aromatic rings. The molecule has 1 N–H and O–H groups in total. The first-order valence-corrected chi connectivity index (χ1v) is 7.53. The van der Waals surface area contributed by atoms with Crippen molar-refractivity contribution >= 4 is 11.3 Å². The Morgan fingerprint density at radius 3 is 2.89 bits per heavy atom. The van der Waals surface area contributed by atoms with Crippen molar-refractivity contribution in [2.45, 2.75) is 46.1 Å². The molecule has 1 aromatic heterocycles. The zero-order valence-electron chi connectivity index (χ0n) is 11.0. The minimum absolute atomic E-state index is 0.209. The van der Waals surface area contributed by atoms with E-state index in [-0.39, 0.29) is 6.54 Å². The van der Waals surface area contributed by atoms with Crippen molar-refractivity contribution < 1.29 is 8.78 Å². The number of alkyl halides is 2. The van der Waals surface area contributed by atoms with E-state index in [4.69, 9.17) is 0 Å². The summed E-state index contributed by atoms with van der Waals surface area (Å²) in [5.74, 6) is 1.53. The Kier molecular flexibility index (Phi) is 4.73. The summed E-state index contributed by atoms with van der Waals surface area (Å²) in [4.78, 5) is 1.48. The zero-order chi connectivity index (χ0) is 13.1. The maximum Gasteiger partial charge on any atom is 0.250 e. The molecule has 0 aromatic carbocycles. The van der Waals surface area contributed by atoms with Gasteiger partial charge in [-0.2, -0.15) is 0 Å². The summed E-state index contributed by atoms with van der Waals surface area (Å²) in [6, 6.07) is 0. The van der Waals surface area contributed by atoms with Crippen LogP contribution in [-0.4, -0.2) is 13.0 Å². The van der Waals surface area contributed by atoms with Gasteiger partial charge in [-0.1, -0.05) is 13.8 Å². The lowest BCUT2D eigenvalue weighted by Crippen LogP contribution is -2.22. The van der Waals surface area contributed by atoms with Crippen LogP contribution in [0.3, 0.4) is 0 Å². The molecule has 18 heavy (non-hydrogen) atoms. The molecule has 0 saturated heterocycles. The van der Waals surface area contributed by atoms with E-state index in [1.54, 1.807) is 11.3 Å². The van der Waals surface area contributed by atoms with Crippen LogP contribution < -0.4 is 5.32 Å². The summed E-state index contributed by atoms with van der Waals surface area (Å²) in [5, 5.41) is 4.97. The van der Waals surface area contributed by atoms with Crippen LogP contribution in [0, 0.1) is 11.8 Å². The highest BCUT2D eigenvalue weighted by molar-refractivity contribution is 7.10. The molecule has 1 heterocycles. The Morgan fingerprint density at radius 2 is 2.22 bits per heavy atom. The largest absolute Gasteiger partial charge is 0.307 e. The van der Waals surface area contributed by atoms with Gasteiger partial charge in [0.25, 0.3) is 6.43 Å². The number of halogens is 2. The van der Waals surface area contributed by atoms with E-state index in [0.29, 0.717) is 6.54 Å². The van der Waals surface area contributed by atoms with Crippen molar-refractivity contribution in [2.24, 2.45) is 11.8 Å². The van der Waals surface area contributed by atoms with E-state index in [1.807, 2.05) is 0 Å². The van der Waals surface area contributed by atoms with Crippen molar-refractivity contribution in [3.05, 3.63) is 21.4 Å². The van der Waals surface area contributed by atoms with Crippen LogP contribution in [0.4, 0.5) is 8.78 Å². The average molecular weight is 273 g/mol. The molecule has 0 aliphatic heterocycles. The fourth-order valence-corrected chi connectivity index (χ4v) is 3.83. The van der Waals surface area contributed by atoms with Crippen molar-refractivity contribution in [1.29, 1.82) is 0 Å². The standard InChI is InChI=1S/C14H21F2NS/c1-9(2)10-3-4-12-11(6-17-7-14(15)16)8-18-13(12)5-10/h8-10,14,17H,3-7H2,1-2H3. The van der Waals surface area contributed by atoms with Crippen LogP contribution in [0.2, 0.25) is 0 Å². The summed E-state index contributed by atoms with van der Waals surface area (Å²) < 4.78 is 24.2. The summed E-state index contributed by atoms with van der Waals surface area (Å²) >= 11 is 1.80. The van der Waals surface area contributed by atoms with Gasteiger partial charge in [-0.15, -0.1) is 11.3 Å². The molecule has 1 aliphatic rings. The Balaban J connectivity index is 1.96. The molecule has 0 bridgehead atoms. The summed E-state index contributed by atoms with van der Waals surface area (Å²) in [5.41, 5.74) is 2.66. The molecule has 4 heteroatoms. The van der Waals surface area contributed by atoms with E-state index in [2.05, 4.69) is 24.5 Å². The highest BCUT2D eigenvalue weighted by Gasteiger charge is 2.24. The predicted molar refractivity (Wildman–Crippen MR) is 72.4 cm³/mol. The second-order valence-corrected chi connectivity index (χ2v) is 6.40. The molecule has 102 valence electrons. The van der Waals surface area contributed by atoms with E-state index in [1.165, 1.54) is 28.8 Å². The van der Waals surface area contributed by atoms with E-state index in [0.717, 1.165) is 18.3 Å². The fraction of sp³-hybridized carbons (Fsp3) is 0.714. The van der Waals surface area contributed by atoms with Gasteiger partial charge in [-0.05, 0) is 47.6 Å². The Hall–Kier alpha value is -0.480. The monoisotopic (exact) mass is 273 g/mol. The van der Waals surface area contributed by atoms with Gasteiger partial charge in [-0.3, -0.25) is 0 Å². The first-order valence-electron chi connectivity index (χ1n) is 6.65. The first-order chi connectivity index (χ1) is 8.58. The zero-order valence-corrected chi connectivity index (χ0v) is 11.8. The van der Waals surface area contributed by atoms with Crippen molar-refractivity contribution in [1.82, 2.24) is 5.32 Å². The summed E-state index contributed by atoms with van der Waals surface area (Å²) in [6.45, 7) is 4.95. The van der Waals surface area contributed by atoms with Crippen LogP contribution >= 0.6 is 11.3 Å². The predicted octanol–water partition coefficient (Wildman–Crippen LogP) is 3.86. The van der Waals surface area contributed by atoms with Crippen molar-refractivity contribution in [3.63, 3.8) is 0 Å². The molecule has 0 radical (unpaired) electrons. The second kappa shape index (κ2) is 6.11. The highest BCUT2D eigenvalue weighted by atomic mass is 32.1. The fourth-order valence-electron chi connectivity index (χ4n) is 2.64. The van der Waals surface area contributed by atoms with Crippen LogP contribution in [-0.2, 0) is 19.4 Å². The molecule has 1 unspecified atom stereocenters. The smallest absolute Gasteiger partial charge is 0.250 e. The normalized spacial score (nSPS) is 19.6. The molecule has 1 atom stereocenters. The second-order valence-electron chi connectivity index (χ2n) is 5.43. The third kappa shape index (κ3) is 3.29. The summed E-state index contributed by atoms with van der Waals surface area (Å²) in [6.07, 6.45) is 1.27. The van der Waals surface area contributed by atoms with E-state index in [9.17, 15) is 8.78 Å².